The number of amides is 1. The number of rotatable bonds is 6. The lowest BCUT2D eigenvalue weighted by Crippen LogP contribution is -2.52. The molecule has 0 heterocycles. The molecule has 3 saturated carbocycles. The molecule has 2 bridgehead atoms. The summed E-state index contributed by atoms with van der Waals surface area (Å²) in [4.78, 5) is 24.4. The van der Waals surface area contributed by atoms with Crippen LogP contribution in [0.3, 0.4) is 0 Å². The molecule has 0 unspecified atom stereocenters. The van der Waals surface area contributed by atoms with Gasteiger partial charge in [0.05, 0.1) is 11.8 Å². The van der Waals surface area contributed by atoms with Crippen molar-refractivity contribution in [2.45, 2.75) is 51.5 Å². The summed E-state index contributed by atoms with van der Waals surface area (Å²) in [5, 5.41) is 12.7. The van der Waals surface area contributed by atoms with E-state index in [1.807, 2.05) is 25.1 Å². The highest BCUT2D eigenvalue weighted by molar-refractivity contribution is 5.85. The predicted molar refractivity (Wildman–Crippen MR) is 92.4 cm³/mol. The highest BCUT2D eigenvalue weighted by Gasteiger charge is 2.50. The molecule has 0 aromatic heterocycles. The monoisotopic (exact) mass is 329 g/mol. The van der Waals surface area contributed by atoms with Gasteiger partial charge in [-0.25, -0.2) is 0 Å². The summed E-state index contributed by atoms with van der Waals surface area (Å²) in [5.41, 5.74) is 1.26. The molecule has 4 rings (SSSR count). The summed E-state index contributed by atoms with van der Waals surface area (Å²) in [6.45, 7) is 2.01. The van der Waals surface area contributed by atoms with Crippen LogP contribution < -0.4 is 5.32 Å². The maximum atomic E-state index is 12.8. The number of hydrogen-bond acceptors (Lipinski definition) is 2. The summed E-state index contributed by atoms with van der Waals surface area (Å²) in [6.07, 6.45) is 5.73. The summed E-state index contributed by atoms with van der Waals surface area (Å²) < 4.78 is 0. The molecule has 4 heteroatoms. The lowest BCUT2D eigenvalue weighted by atomic mass is 9.58. The second kappa shape index (κ2) is 7.37. The van der Waals surface area contributed by atoms with Crippen LogP contribution >= 0.6 is 0 Å². The number of carboxylic acid groups (broad SMARTS) is 1. The largest absolute Gasteiger partial charge is 0.481 e. The second-order valence-corrected chi connectivity index (χ2v) is 7.50. The third-order valence-electron chi connectivity index (χ3n) is 5.90. The molecular weight excluding hydrogens is 302 g/mol. The molecule has 1 amide bonds. The van der Waals surface area contributed by atoms with Crippen molar-refractivity contribution in [2.75, 3.05) is 0 Å². The highest BCUT2D eigenvalue weighted by Crippen LogP contribution is 2.49. The fraction of sp³-hybridized carbons (Fsp3) is 0.600. The minimum atomic E-state index is -0.790. The van der Waals surface area contributed by atoms with E-state index in [1.165, 1.54) is 5.56 Å². The Balaban J connectivity index is 1.58. The van der Waals surface area contributed by atoms with Gasteiger partial charge in [-0.3, -0.25) is 9.59 Å². The number of hydrogen-bond donors (Lipinski definition) is 2. The molecule has 130 valence electrons. The zero-order valence-corrected chi connectivity index (χ0v) is 14.3. The average molecular weight is 329 g/mol. The van der Waals surface area contributed by atoms with Gasteiger partial charge < -0.3 is 10.4 Å². The van der Waals surface area contributed by atoms with Crippen molar-refractivity contribution in [3.05, 3.63) is 35.9 Å². The Hall–Kier alpha value is -1.84. The normalized spacial score (nSPS) is 29.9. The van der Waals surface area contributed by atoms with Crippen LogP contribution in [0, 0.1) is 23.7 Å². The molecule has 2 N–H and O–H groups in total. The first-order valence-electron chi connectivity index (χ1n) is 9.13. The first-order valence-corrected chi connectivity index (χ1v) is 9.13. The number of fused-ring (bicyclic) bond motifs is 3. The van der Waals surface area contributed by atoms with E-state index in [1.54, 1.807) is 0 Å². The number of carbonyl (C=O) groups is 2. The highest BCUT2D eigenvalue weighted by atomic mass is 16.4. The van der Waals surface area contributed by atoms with Crippen LogP contribution in [-0.2, 0) is 16.0 Å². The fourth-order valence-electron chi connectivity index (χ4n) is 4.62. The maximum Gasteiger partial charge on any atom is 0.307 e. The van der Waals surface area contributed by atoms with Gasteiger partial charge in [-0.05, 0) is 62.8 Å². The van der Waals surface area contributed by atoms with Crippen LogP contribution in [0.5, 0.6) is 0 Å². The number of aliphatic carboxylic acids is 1. The lowest BCUT2D eigenvalue weighted by molar-refractivity contribution is -0.158. The van der Waals surface area contributed by atoms with Crippen LogP contribution in [0.2, 0.25) is 0 Å². The van der Waals surface area contributed by atoms with E-state index in [9.17, 15) is 14.7 Å². The third-order valence-corrected chi connectivity index (χ3v) is 5.90. The van der Waals surface area contributed by atoms with Gasteiger partial charge in [-0.15, -0.1) is 0 Å². The minimum absolute atomic E-state index is 0.0441. The van der Waals surface area contributed by atoms with Gasteiger partial charge in [0, 0.05) is 6.04 Å². The zero-order valence-electron chi connectivity index (χ0n) is 14.3. The summed E-state index contributed by atoms with van der Waals surface area (Å²) >= 11 is 0. The van der Waals surface area contributed by atoms with E-state index in [2.05, 4.69) is 17.4 Å². The van der Waals surface area contributed by atoms with Gasteiger partial charge in [0.2, 0.25) is 5.91 Å². The summed E-state index contributed by atoms with van der Waals surface area (Å²) in [6, 6.07) is 10.3. The van der Waals surface area contributed by atoms with Gasteiger partial charge in [0.25, 0.3) is 0 Å². The van der Waals surface area contributed by atoms with Crippen LogP contribution in [0.4, 0.5) is 0 Å². The van der Waals surface area contributed by atoms with Gasteiger partial charge in [-0.1, -0.05) is 30.3 Å². The molecule has 0 saturated heterocycles. The zero-order chi connectivity index (χ0) is 17.1. The number of nitrogens with one attached hydrogen (secondary N) is 1. The SMILES string of the molecule is C[C@H](CCc1ccccc1)NC(=O)[C@H]1C2CCC(CC2)[C@@H]1C(=O)O. The molecule has 3 fully saturated rings. The summed E-state index contributed by atoms with van der Waals surface area (Å²) in [5.74, 6) is -1.23. The maximum absolute atomic E-state index is 12.8. The molecule has 1 aromatic rings. The van der Waals surface area contributed by atoms with E-state index in [4.69, 9.17) is 0 Å². The topological polar surface area (TPSA) is 66.4 Å². The van der Waals surface area contributed by atoms with E-state index < -0.39 is 11.9 Å². The van der Waals surface area contributed by atoms with E-state index >= 15 is 0 Å². The van der Waals surface area contributed by atoms with Gasteiger partial charge in [0.1, 0.15) is 0 Å². The first kappa shape index (κ1) is 17.0. The van der Waals surface area contributed by atoms with Crippen LogP contribution in [-0.4, -0.2) is 23.0 Å². The molecule has 1 aromatic carbocycles. The van der Waals surface area contributed by atoms with Crippen molar-refractivity contribution in [3.8, 4) is 0 Å². The Bertz CT molecular complexity index is 578. The Labute approximate surface area is 143 Å². The molecular formula is C20H27NO3. The number of carbonyl (C=O) groups excluding carboxylic acids is 1. The predicted octanol–water partition coefficient (Wildman–Crippen LogP) is 3.26. The molecule has 3 aliphatic carbocycles. The molecule has 3 atom stereocenters. The van der Waals surface area contributed by atoms with E-state index in [0.29, 0.717) is 0 Å². The third kappa shape index (κ3) is 3.63. The molecule has 0 radical (unpaired) electrons. The fourth-order valence-corrected chi connectivity index (χ4v) is 4.62. The Morgan fingerprint density at radius 2 is 1.67 bits per heavy atom. The van der Waals surface area contributed by atoms with Gasteiger partial charge in [0.15, 0.2) is 0 Å². The molecule has 4 nitrogen and oxygen atoms in total. The van der Waals surface area contributed by atoms with Crippen molar-refractivity contribution in [2.24, 2.45) is 23.7 Å². The quantitative estimate of drug-likeness (QED) is 0.842. The van der Waals surface area contributed by atoms with Gasteiger partial charge in [-0.2, -0.15) is 0 Å². The van der Waals surface area contributed by atoms with E-state index in [0.717, 1.165) is 38.5 Å². The van der Waals surface area contributed by atoms with Gasteiger partial charge >= 0.3 is 5.97 Å². The Kier molecular flexibility index (Phi) is 5.22. The molecule has 3 aliphatic rings. The second-order valence-electron chi connectivity index (χ2n) is 7.50. The number of benzene rings is 1. The van der Waals surface area contributed by atoms with Crippen molar-refractivity contribution in [1.82, 2.24) is 5.32 Å². The Morgan fingerprint density at radius 3 is 2.25 bits per heavy atom. The molecule has 0 aliphatic heterocycles. The van der Waals surface area contributed by atoms with Crippen molar-refractivity contribution in [1.29, 1.82) is 0 Å². The first-order chi connectivity index (χ1) is 11.6. The van der Waals surface area contributed by atoms with Crippen molar-refractivity contribution >= 4 is 11.9 Å². The Morgan fingerprint density at radius 1 is 1.08 bits per heavy atom. The lowest BCUT2D eigenvalue weighted by Gasteiger charge is -2.46. The standard InChI is InChI=1S/C20H27NO3/c1-13(7-8-14-5-3-2-4-6-14)21-19(22)17-15-9-11-16(12-10-15)18(17)20(23)24/h2-6,13,15-18H,7-12H2,1H3,(H,21,22)(H,23,24)/t13-,15?,16?,17+,18+/m1/s1. The molecule has 0 spiro atoms. The van der Waals surface area contributed by atoms with Crippen molar-refractivity contribution in [3.63, 3.8) is 0 Å². The average Bonchev–Trinajstić information content (AvgIpc) is 2.61. The van der Waals surface area contributed by atoms with Crippen LogP contribution in [0.15, 0.2) is 30.3 Å². The number of aryl methyl sites for hydroxylation is 1. The summed E-state index contributed by atoms with van der Waals surface area (Å²) in [7, 11) is 0. The van der Waals surface area contributed by atoms with Crippen LogP contribution in [0.25, 0.3) is 0 Å². The number of carboxylic acids is 1. The minimum Gasteiger partial charge on any atom is -0.481 e. The van der Waals surface area contributed by atoms with Crippen molar-refractivity contribution < 1.29 is 14.7 Å². The van der Waals surface area contributed by atoms with Crippen LogP contribution in [0.1, 0.15) is 44.6 Å². The smallest absolute Gasteiger partial charge is 0.307 e. The van der Waals surface area contributed by atoms with E-state index in [-0.39, 0.29) is 29.7 Å². The molecule has 24 heavy (non-hydrogen) atoms.